The summed E-state index contributed by atoms with van der Waals surface area (Å²) in [7, 11) is 0. The first-order valence-electron chi connectivity index (χ1n) is 4.35. The van der Waals surface area contributed by atoms with E-state index in [1.54, 1.807) is 0 Å². The van der Waals surface area contributed by atoms with Gasteiger partial charge in [-0.1, -0.05) is 13.8 Å². The summed E-state index contributed by atoms with van der Waals surface area (Å²) in [5.41, 5.74) is 7.43. The van der Waals surface area contributed by atoms with Gasteiger partial charge in [0.15, 0.2) is 0 Å². The second-order valence-corrected chi connectivity index (χ2v) is 3.07. The number of amides is 1. The Labute approximate surface area is 78.5 Å². The van der Waals surface area contributed by atoms with Gasteiger partial charge in [-0.3, -0.25) is 9.63 Å². The zero-order chi connectivity index (χ0) is 10.1. The third-order valence-electron chi connectivity index (χ3n) is 1.10. The first-order chi connectivity index (χ1) is 6.16. The molecule has 0 aliphatic heterocycles. The van der Waals surface area contributed by atoms with E-state index in [0.29, 0.717) is 25.7 Å². The smallest absolute Gasteiger partial charge is 0.269 e. The molecule has 0 spiro atoms. The van der Waals surface area contributed by atoms with Crippen LogP contribution < -0.4 is 11.2 Å². The predicted molar refractivity (Wildman–Crippen MR) is 48.8 cm³/mol. The number of carbonyl (C=O) groups excluding carboxylic acids is 1. The van der Waals surface area contributed by atoms with E-state index in [9.17, 15) is 4.79 Å². The SMILES string of the molecule is CC(C)CONC(=O)COCCN. The van der Waals surface area contributed by atoms with E-state index in [2.05, 4.69) is 5.48 Å². The molecule has 0 saturated heterocycles. The number of ether oxygens (including phenoxy) is 1. The van der Waals surface area contributed by atoms with Crippen molar-refractivity contribution < 1.29 is 14.4 Å². The van der Waals surface area contributed by atoms with Crippen LogP contribution in [0.1, 0.15) is 13.8 Å². The molecule has 0 radical (unpaired) electrons. The van der Waals surface area contributed by atoms with Crippen molar-refractivity contribution in [3.05, 3.63) is 0 Å². The Bertz CT molecular complexity index is 139. The summed E-state index contributed by atoms with van der Waals surface area (Å²) in [5.74, 6) is 0.111. The molecule has 78 valence electrons. The molecule has 0 bridgehead atoms. The summed E-state index contributed by atoms with van der Waals surface area (Å²) in [6.07, 6.45) is 0. The average Bonchev–Trinajstić information content (AvgIpc) is 2.04. The van der Waals surface area contributed by atoms with E-state index in [4.69, 9.17) is 15.3 Å². The number of hydrogen-bond acceptors (Lipinski definition) is 4. The largest absolute Gasteiger partial charge is 0.370 e. The molecule has 0 aromatic carbocycles. The van der Waals surface area contributed by atoms with Crippen LogP contribution in [0.15, 0.2) is 0 Å². The lowest BCUT2D eigenvalue weighted by Crippen LogP contribution is -2.29. The molecule has 0 saturated carbocycles. The maximum Gasteiger partial charge on any atom is 0.269 e. The predicted octanol–water partition coefficient (Wildman–Crippen LogP) is -0.334. The minimum absolute atomic E-state index is 0.00467. The molecule has 0 heterocycles. The van der Waals surface area contributed by atoms with Gasteiger partial charge in [-0.05, 0) is 5.92 Å². The van der Waals surface area contributed by atoms with E-state index in [1.165, 1.54) is 0 Å². The van der Waals surface area contributed by atoms with Crippen molar-refractivity contribution in [1.29, 1.82) is 0 Å². The van der Waals surface area contributed by atoms with Crippen molar-refractivity contribution in [2.24, 2.45) is 11.7 Å². The monoisotopic (exact) mass is 190 g/mol. The first-order valence-corrected chi connectivity index (χ1v) is 4.35. The van der Waals surface area contributed by atoms with E-state index < -0.39 is 0 Å². The number of rotatable bonds is 7. The second-order valence-electron chi connectivity index (χ2n) is 3.07. The zero-order valence-corrected chi connectivity index (χ0v) is 8.21. The van der Waals surface area contributed by atoms with E-state index in [0.717, 1.165) is 0 Å². The lowest BCUT2D eigenvalue weighted by Gasteiger charge is -2.07. The number of hydroxylamine groups is 1. The summed E-state index contributed by atoms with van der Waals surface area (Å²) >= 11 is 0. The van der Waals surface area contributed by atoms with Gasteiger partial charge in [0.25, 0.3) is 5.91 Å². The van der Waals surface area contributed by atoms with Gasteiger partial charge in [-0.15, -0.1) is 0 Å². The molecule has 0 rings (SSSR count). The van der Waals surface area contributed by atoms with Crippen LogP contribution in [0.3, 0.4) is 0 Å². The second kappa shape index (κ2) is 7.97. The fourth-order valence-electron chi connectivity index (χ4n) is 0.566. The Morgan fingerprint density at radius 1 is 1.54 bits per heavy atom. The van der Waals surface area contributed by atoms with Crippen LogP contribution in [0, 0.1) is 5.92 Å². The van der Waals surface area contributed by atoms with E-state index in [-0.39, 0.29) is 12.5 Å². The van der Waals surface area contributed by atoms with Gasteiger partial charge in [0.05, 0.1) is 13.2 Å². The van der Waals surface area contributed by atoms with Gasteiger partial charge < -0.3 is 10.5 Å². The molecule has 1 amide bonds. The quantitative estimate of drug-likeness (QED) is 0.425. The van der Waals surface area contributed by atoms with Crippen molar-refractivity contribution in [3.63, 3.8) is 0 Å². The molecule has 13 heavy (non-hydrogen) atoms. The Kier molecular flexibility index (Phi) is 7.57. The van der Waals surface area contributed by atoms with Crippen molar-refractivity contribution in [1.82, 2.24) is 5.48 Å². The molecule has 0 aliphatic rings. The summed E-state index contributed by atoms with van der Waals surface area (Å²) in [6, 6.07) is 0. The molecule has 5 nitrogen and oxygen atoms in total. The van der Waals surface area contributed by atoms with Gasteiger partial charge in [0, 0.05) is 6.54 Å². The highest BCUT2D eigenvalue weighted by Crippen LogP contribution is 1.89. The van der Waals surface area contributed by atoms with Crippen molar-refractivity contribution in [2.45, 2.75) is 13.8 Å². The zero-order valence-electron chi connectivity index (χ0n) is 8.21. The highest BCUT2D eigenvalue weighted by atomic mass is 16.7. The molecular weight excluding hydrogens is 172 g/mol. The molecule has 0 atom stereocenters. The van der Waals surface area contributed by atoms with Crippen LogP contribution in [-0.2, 0) is 14.4 Å². The van der Waals surface area contributed by atoms with Crippen LogP contribution in [0.4, 0.5) is 0 Å². The van der Waals surface area contributed by atoms with Crippen molar-refractivity contribution in [2.75, 3.05) is 26.4 Å². The molecule has 0 aromatic heterocycles. The maximum atomic E-state index is 10.9. The van der Waals surface area contributed by atoms with E-state index in [1.807, 2.05) is 13.8 Å². The standard InChI is InChI=1S/C8H18N2O3/c1-7(2)5-13-10-8(11)6-12-4-3-9/h7H,3-6,9H2,1-2H3,(H,10,11). The number of nitrogens with two attached hydrogens (primary N) is 1. The summed E-state index contributed by atoms with van der Waals surface area (Å²) in [5, 5.41) is 0. The number of hydrogen-bond donors (Lipinski definition) is 2. The average molecular weight is 190 g/mol. The Morgan fingerprint density at radius 3 is 2.77 bits per heavy atom. The Balaban J connectivity index is 3.20. The minimum atomic E-state index is -0.283. The number of carbonyl (C=O) groups is 1. The molecule has 0 fully saturated rings. The third kappa shape index (κ3) is 9.26. The van der Waals surface area contributed by atoms with Crippen LogP contribution in [-0.4, -0.2) is 32.3 Å². The highest BCUT2D eigenvalue weighted by molar-refractivity contribution is 5.75. The number of nitrogens with one attached hydrogen (secondary N) is 1. The fourth-order valence-corrected chi connectivity index (χ4v) is 0.566. The van der Waals surface area contributed by atoms with Gasteiger partial charge in [-0.25, -0.2) is 5.48 Å². The lowest BCUT2D eigenvalue weighted by molar-refractivity contribution is -0.139. The topological polar surface area (TPSA) is 73.6 Å². The third-order valence-corrected chi connectivity index (χ3v) is 1.10. The maximum absolute atomic E-state index is 10.9. The summed E-state index contributed by atoms with van der Waals surface area (Å²) in [4.78, 5) is 15.8. The van der Waals surface area contributed by atoms with Gasteiger partial charge in [0.2, 0.25) is 0 Å². The van der Waals surface area contributed by atoms with Crippen LogP contribution in [0.25, 0.3) is 0 Å². The van der Waals surface area contributed by atoms with Crippen LogP contribution in [0.5, 0.6) is 0 Å². The summed E-state index contributed by atoms with van der Waals surface area (Å²) in [6.45, 7) is 5.30. The fraction of sp³-hybridized carbons (Fsp3) is 0.875. The van der Waals surface area contributed by atoms with Crippen molar-refractivity contribution in [3.8, 4) is 0 Å². The molecule has 3 N–H and O–H groups in total. The summed E-state index contributed by atoms with van der Waals surface area (Å²) < 4.78 is 4.89. The molecule has 0 aliphatic carbocycles. The van der Waals surface area contributed by atoms with Crippen LogP contribution in [0.2, 0.25) is 0 Å². The van der Waals surface area contributed by atoms with Crippen LogP contribution >= 0.6 is 0 Å². The molecular formula is C8H18N2O3. The van der Waals surface area contributed by atoms with Gasteiger partial charge >= 0.3 is 0 Å². The Morgan fingerprint density at radius 2 is 2.23 bits per heavy atom. The minimum Gasteiger partial charge on any atom is -0.370 e. The van der Waals surface area contributed by atoms with E-state index >= 15 is 0 Å². The Hall–Kier alpha value is -0.650. The first kappa shape index (κ1) is 12.3. The molecule has 0 unspecified atom stereocenters. The van der Waals surface area contributed by atoms with Crippen molar-refractivity contribution >= 4 is 5.91 Å². The molecule has 0 aromatic rings. The van der Waals surface area contributed by atoms with Gasteiger partial charge in [0.1, 0.15) is 6.61 Å². The highest BCUT2D eigenvalue weighted by Gasteiger charge is 2.01. The van der Waals surface area contributed by atoms with Gasteiger partial charge in [-0.2, -0.15) is 0 Å². The molecule has 5 heteroatoms. The normalized spacial score (nSPS) is 10.5. The lowest BCUT2D eigenvalue weighted by atomic mass is 10.2.